The van der Waals surface area contributed by atoms with Crippen molar-refractivity contribution < 1.29 is 9.59 Å². The molecule has 0 saturated carbocycles. The Morgan fingerprint density at radius 2 is 1.80 bits per heavy atom. The maximum Gasteiger partial charge on any atom is 0.276 e. The van der Waals surface area contributed by atoms with Crippen molar-refractivity contribution in [3.63, 3.8) is 0 Å². The van der Waals surface area contributed by atoms with E-state index in [4.69, 9.17) is 23.8 Å². The van der Waals surface area contributed by atoms with Gasteiger partial charge in [0.1, 0.15) is 5.70 Å². The second kappa shape index (κ2) is 7.47. The molecule has 1 aliphatic rings. The van der Waals surface area contributed by atoms with E-state index in [2.05, 4.69) is 21.2 Å². The van der Waals surface area contributed by atoms with Gasteiger partial charge in [0.25, 0.3) is 5.91 Å². The number of Topliss-reactive ketones (excluding diaryl/α,β-unsaturated/α-hetero) is 1. The third kappa shape index (κ3) is 4.15. The summed E-state index contributed by atoms with van der Waals surface area (Å²) in [5, 5.41) is 3.63. The molecule has 0 aliphatic carbocycles. The Balaban J connectivity index is 1.76. The number of ketones is 1. The number of thiocarbonyl (C=S) groups is 1. The number of hydrogen-bond donors (Lipinski definition) is 1. The van der Waals surface area contributed by atoms with Gasteiger partial charge in [0, 0.05) is 15.1 Å². The molecule has 0 atom stereocenters. The summed E-state index contributed by atoms with van der Waals surface area (Å²) in [7, 11) is 0. The third-order valence-electron chi connectivity index (χ3n) is 3.61. The van der Waals surface area contributed by atoms with Crippen LogP contribution in [0.5, 0.6) is 0 Å². The lowest BCUT2D eigenvalue weighted by Gasteiger charge is -2.12. The van der Waals surface area contributed by atoms with Crippen LogP contribution < -0.4 is 5.32 Å². The molecule has 2 aromatic carbocycles. The Bertz CT molecular complexity index is 879. The first kappa shape index (κ1) is 17.8. The summed E-state index contributed by atoms with van der Waals surface area (Å²) < 4.78 is 0.950. The summed E-state index contributed by atoms with van der Waals surface area (Å²) >= 11 is 14.4. The van der Waals surface area contributed by atoms with Crippen molar-refractivity contribution in [2.24, 2.45) is 0 Å². The lowest BCUT2D eigenvalue weighted by molar-refractivity contribution is -0.122. The Kier molecular flexibility index (Phi) is 5.32. The van der Waals surface area contributed by atoms with Gasteiger partial charge in [-0.25, -0.2) is 0 Å². The summed E-state index contributed by atoms with van der Waals surface area (Å²) in [6.07, 6.45) is 1.70. The number of amides is 1. The number of carbonyl (C=O) groups is 2. The van der Waals surface area contributed by atoms with Crippen molar-refractivity contribution in [1.82, 2.24) is 10.2 Å². The van der Waals surface area contributed by atoms with E-state index in [9.17, 15) is 9.59 Å². The van der Waals surface area contributed by atoms with E-state index in [0.717, 1.165) is 10.0 Å². The van der Waals surface area contributed by atoms with Crippen LogP contribution in [0.4, 0.5) is 0 Å². The molecule has 1 N–H and O–H groups in total. The predicted octanol–water partition coefficient (Wildman–Crippen LogP) is 4.04. The summed E-state index contributed by atoms with van der Waals surface area (Å²) in [4.78, 5) is 26.2. The number of carbonyl (C=O) groups excluding carboxylic acids is 2. The van der Waals surface area contributed by atoms with Gasteiger partial charge in [0.15, 0.2) is 10.9 Å². The Morgan fingerprint density at radius 1 is 1.16 bits per heavy atom. The minimum absolute atomic E-state index is 0.121. The van der Waals surface area contributed by atoms with Crippen molar-refractivity contribution in [3.8, 4) is 0 Å². The Morgan fingerprint density at radius 3 is 2.44 bits per heavy atom. The van der Waals surface area contributed by atoms with E-state index in [1.54, 1.807) is 30.3 Å². The number of halogens is 2. The smallest absolute Gasteiger partial charge is 0.276 e. The fourth-order valence-corrected chi connectivity index (χ4v) is 2.96. The maximum atomic E-state index is 12.5. The number of rotatable bonds is 4. The molecule has 0 aromatic heterocycles. The monoisotopic (exact) mass is 434 g/mol. The third-order valence-corrected chi connectivity index (χ3v) is 4.71. The van der Waals surface area contributed by atoms with Gasteiger partial charge in [-0.1, -0.05) is 39.7 Å². The zero-order valence-electron chi connectivity index (χ0n) is 12.8. The van der Waals surface area contributed by atoms with Crippen molar-refractivity contribution >= 4 is 62.6 Å². The maximum absolute atomic E-state index is 12.5. The molecular weight excluding hydrogens is 424 g/mol. The van der Waals surface area contributed by atoms with Gasteiger partial charge >= 0.3 is 0 Å². The zero-order valence-corrected chi connectivity index (χ0v) is 16.0. The van der Waals surface area contributed by atoms with Crippen molar-refractivity contribution in [1.29, 1.82) is 0 Å². The fourth-order valence-electron chi connectivity index (χ4n) is 2.31. The van der Waals surface area contributed by atoms with E-state index >= 15 is 0 Å². The van der Waals surface area contributed by atoms with Gasteiger partial charge in [-0.05, 0) is 60.3 Å². The number of hydrogen-bond acceptors (Lipinski definition) is 3. The van der Waals surface area contributed by atoms with E-state index in [-0.39, 0.29) is 23.3 Å². The van der Waals surface area contributed by atoms with Crippen molar-refractivity contribution in [2.45, 2.75) is 0 Å². The molecule has 1 fully saturated rings. The van der Waals surface area contributed by atoms with Gasteiger partial charge in [-0.2, -0.15) is 0 Å². The molecule has 1 aliphatic heterocycles. The molecule has 7 heteroatoms. The van der Waals surface area contributed by atoms with Gasteiger partial charge in [0.2, 0.25) is 0 Å². The van der Waals surface area contributed by atoms with Crippen LogP contribution in [0.2, 0.25) is 5.02 Å². The van der Waals surface area contributed by atoms with E-state index in [1.165, 1.54) is 4.90 Å². The lowest BCUT2D eigenvalue weighted by atomic mass is 10.1. The van der Waals surface area contributed by atoms with Crippen molar-refractivity contribution in [2.75, 3.05) is 6.54 Å². The largest absolute Gasteiger partial charge is 0.328 e. The molecule has 126 valence electrons. The normalized spacial score (nSPS) is 15.6. The van der Waals surface area contributed by atoms with Crippen LogP contribution in [0.3, 0.4) is 0 Å². The molecule has 25 heavy (non-hydrogen) atoms. The highest BCUT2D eigenvalue weighted by molar-refractivity contribution is 9.10. The topological polar surface area (TPSA) is 49.4 Å². The first-order chi connectivity index (χ1) is 11.9. The molecule has 0 bridgehead atoms. The first-order valence-electron chi connectivity index (χ1n) is 7.33. The van der Waals surface area contributed by atoms with Gasteiger partial charge in [-0.3, -0.25) is 14.5 Å². The average Bonchev–Trinajstić information content (AvgIpc) is 2.85. The minimum atomic E-state index is -0.324. The summed E-state index contributed by atoms with van der Waals surface area (Å²) in [5.74, 6) is -0.533. The second-order valence-electron chi connectivity index (χ2n) is 5.36. The highest BCUT2D eigenvalue weighted by Crippen LogP contribution is 2.17. The van der Waals surface area contributed by atoms with E-state index in [0.29, 0.717) is 16.3 Å². The SMILES string of the molecule is O=C(CN1C(=O)C(=Cc2ccc(Br)cc2)NC1=S)c1ccc(Cl)cc1. The standard InChI is InChI=1S/C18H12BrClN2O2S/c19-13-5-1-11(2-6-13)9-15-17(24)22(18(25)21-15)10-16(23)12-3-7-14(20)8-4-12/h1-9H,10H2,(H,21,25). The predicted molar refractivity (Wildman–Crippen MR) is 105 cm³/mol. The molecule has 0 unspecified atom stereocenters. The number of nitrogens with one attached hydrogen (secondary N) is 1. The minimum Gasteiger partial charge on any atom is -0.328 e. The number of benzene rings is 2. The van der Waals surface area contributed by atoms with Gasteiger partial charge in [-0.15, -0.1) is 0 Å². The molecule has 4 nitrogen and oxygen atoms in total. The molecule has 2 aromatic rings. The molecule has 1 amide bonds. The Labute approximate surface area is 163 Å². The van der Waals surface area contributed by atoms with Crippen LogP contribution in [0.15, 0.2) is 58.7 Å². The van der Waals surface area contributed by atoms with Crippen LogP contribution in [-0.4, -0.2) is 28.2 Å². The Hall–Kier alpha value is -2.02. The van der Waals surface area contributed by atoms with E-state index in [1.807, 2.05) is 24.3 Å². The lowest BCUT2D eigenvalue weighted by Crippen LogP contribution is -2.35. The van der Waals surface area contributed by atoms with Crippen LogP contribution in [-0.2, 0) is 4.79 Å². The molecule has 1 saturated heterocycles. The summed E-state index contributed by atoms with van der Waals surface area (Å²) in [6, 6.07) is 14.0. The van der Waals surface area contributed by atoms with Crippen molar-refractivity contribution in [3.05, 3.63) is 74.9 Å². The molecule has 0 radical (unpaired) electrons. The van der Waals surface area contributed by atoms with Gasteiger partial charge in [0.05, 0.1) is 6.54 Å². The van der Waals surface area contributed by atoms with Crippen LogP contribution >= 0.6 is 39.7 Å². The molecule has 1 heterocycles. The highest BCUT2D eigenvalue weighted by Gasteiger charge is 2.32. The van der Waals surface area contributed by atoms with Crippen LogP contribution in [0.1, 0.15) is 15.9 Å². The average molecular weight is 436 g/mol. The van der Waals surface area contributed by atoms with Gasteiger partial charge < -0.3 is 5.32 Å². The summed E-state index contributed by atoms with van der Waals surface area (Å²) in [5.41, 5.74) is 1.68. The highest BCUT2D eigenvalue weighted by atomic mass is 79.9. The second-order valence-corrected chi connectivity index (χ2v) is 7.10. The van der Waals surface area contributed by atoms with E-state index < -0.39 is 0 Å². The molecule has 3 rings (SSSR count). The zero-order chi connectivity index (χ0) is 18.0. The quantitative estimate of drug-likeness (QED) is 0.447. The molecular formula is C18H12BrClN2O2S. The van der Waals surface area contributed by atoms with Crippen LogP contribution in [0.25, 0.3) is 6.08 Å². The fraction of sp³-hybridized carbons (Fsp3) is 0.0556. The summed E-state index contributed by atoms with van der Waals surface area (Å²) in [6.45, 7) is -0.121. The first-order valence-corrected chi connectivity index (χ1v) is 8.91. The van der Waals surface area contributed by atoms with Crippen LogP contribution in [0, 0.1) is 0 Å². The molecule has 0 spiro atoms. The number of nitrogens with zero attached hydrogens (tertiary/aromatic N) is 1.